The predicted molar refractivity (Wildman–Crippen MR) is 108 cm³/mol. The van der Waals surface area contributed by atoms with Gasteiger partial charge in [0, 0.05) is 12.1 Å². The molecule has 1 unspecified atom stereocenters. The van der Waals surface area contributed by atoms with Gasteiger partial charge in [0.1, 0.15) is 11.5 Å². The van der Waals surface area contributed by atoms with E-state index in [0.29, 0.717) is 24.3 Å². The molecule has 2 aromatic carbocycles. The van der Waals surface area contributed by atoms with Gasteiger partial charge < -0.3 is 4.74 Å². The van der Waals surface area contributed by atoms with Crippen molar-refractivity contribution in [1.82, 2.24) is 9.44 Å². The first-order valence-corrected chi connectivity index (χ1v) is 12.0. The van der Waals surface area contributed by atoms with Crippen molar-refractivity contribution in [3.8, 4) is 11.5 Å². The Kier molecular flexibility index (Phi) is 5.81. The number of rotatable bonds is 7. The van der Waals surface area contributed by atoms with Gasteiger partial charge >= 0.3 is 0 Å². The van der Waals surface area contributed by atoms with Gasteiger partial charge in [0.05, 0.1) is 10.1 Å². The van der Waals surface area contributed by atoms with E-state index in [0.717, 1.165) is 11.1 Å². The predicted octanol–water partition coefficient (Wildman–Crippen LogP) is 2.18. The summed E-state index contributed by atoms with van der Waals surface area (Å²) in [6, 6.07) is 11.7. The summed E-state index contributed by atoms with van der Waals surface area (Å²) in [6.07, 6.45) is 1.23. The highest BCUT2D eigenvalue weighted by atomic mass is 32.2. The van der Waals surface area contributed by atoms with Crippen molar-refractivity contribution in [2.24, 2.45) is 0 Å². The first kappa shape index (κ1) is 20.8. The highest BCUT2D eigenvalue weighted by Crippen LogP contribution is 2.30. The lowest BCUT2D eigenvalue weighted by atomic mass is 10.1. The maximum atomic E-state index is 12.1. The topological polar surface area (TPSA) is 102 Å². The van der Waals surface area contributed by atoms with Gasteiger partial charge in [-0.15, -0.1) is 0 Å². The molecule has 152 valence electrons. The molecule has 0 aromatic heterocycles. The highest BCUT2D eigenvalue weighted by molar-refractivity contribution is 7.90. The van der Waals surface area contributed by atoms with Gasteiger partial charge in [0.25, 0.3) is 0 Å². The molecule has 2 N–H and O–H groups in total. The first-order chi connectivity index (χ1) is 13.1. The maximum absolute atomic E-state index is 12.1. The minimum Gasteiger partial charge on any atom is -0.457 e. The van der Waals surface area contributed by atoms with Gasteiger partial charge in [-0.05, 0) is 69.1 Å². The normalized spacial score (nSPS) is 16.9. The van der Waals surface area contributed by atoms with Crippen LogP contribution in [0.15, 0.2) is 47.4 Å². The summed E-state index contributed by atoms with van der Waals surface area (Å²) in [6.45, 7) is 3.30. The number of nitrogens with one attached hydrogen (secondary N) is 2. The molecule has 1 aliphatic carbocycles. The smallest absolute Gasteiger partial charge is 0.240 e. The molecule has 1 aliphatic rings. The molecule has 1 atom stereocenters. The maximum Gasteiger partial charge on any atom is 0.240 e. The minimum absolute atomic E-state index is 0.122. The van der Waals surface area contributed by atoms with Crippen LogP contribution in [0.25, 0.3) is 0 Å². The minimum atomic E-state index is -3.55. The molecule has 0 saturated carbocycles. The van der Waals surface area contributed by atoms with Crippen LogP contribution >= 0.6 is 0 Å². The summed E-state index contributed by atoms with van der Waals surface area (Å²) in [5, 5.41) is -0.476. The van der Waals surface area contributed by atoms with Crippen LogP contribution < -0.4 is 14.2 Å². The fourth-order valence-electron chi connectivity index (χ4n) is 3.07. The van der Waals surface area contributed by atoms with Crippen LogP contribution in [0.1, 0.15) is 25.0 Å². The number of ether oxygens (including phenoxy) is 1. The average molecular weight is 425 g/mol. The second-order valence-corrected chi connectivity index (χ2v) is 11.2. The summed E-state index contributed by atoms with van der Waals surface area (Å²) in [4.78, 5) is 0.122. The van der Waals surface area contributed by atoms with E-state index in [9.17, 15) is 16.8 Å². The zero-order valence-corrected chi connectivity index (χ0v) is 17.6. The van der Waals surface area contributed by atoms with E-state index in [4.69, 9.17) is 4.74 Å². The summed E-state index contributed by atoms with van der Waals surface area (Å²) >= 11 is 0. The van der Waals surface area contributed by atoms with Crippen molar-refractivity contribution in [3.05, 3.63) is 53.6 Å². The van der Waals surface area contributed by atoms with Gasteiger partial charge in [-0.2, -0.15) is 0 Å². The van der Waals surface area contributed by atoms with Crippen molar-refractivity contribution in [1.29, 1.82) is 0 Å². The van der Waals surface area contributed by atoms with Crippen LogP contribution in [0.4, 0.5) is 0 Å². The molecule has 0 spiro atoms. The van der Waals surface area contributed by atoms with Crippen LogP contribution in [-0.2, 0) is 32.9 Å². The molecule has 3 rings (SSSR count). The Morgan fingerprint density at radius 3 is 2.32 bits per heavy atom. The molecule has 0 aliphatic heterocycles. The molecule has 2 aromatic rings. The van der Waals surface area contributed by atoms with Crippen LogP contribution in [-0.4, -0.2) is 35.2 Å². The third-order valence-electron chi connectivity index (χ3n) is 4.68. The quantitative estimate of drug-likeness (QED) is 0.709. The zero-order valence-electron chi connectivity index (χ0n) is 16.0. The summed E-state index contributed by atoms with van der Waals surface area (Å²) in [5.74, 6) is 0.983. The van der Waals surface area contributed by atoms with Gasteiger partial charge in [0.15, 0.2) is 0 Å². The number of hydrogen-bond acceptors (Lipinski definition) is 5. The number of benzene rings is 2. The number of fused-ring (bicyclic) bond motifs is 1. The monoisotopic (exact) mass is 424 g/mol. The van der Waals surface area contributed by atoms with Gasteiger partial charge in [-0.25, -0.2) is 26.3 Å². The van der Waals surface area contributed by atoms with E-state index in [1.54, 1.807) is 32.0 Å². The van der Waals surface area contributed by atoms with E-state index in [1.165, 1.54) is 19.2 Å². The highest BCUT2D eigenvalue weighted by Gasteiger charge is 2.27. The van der Waals surface area contributed by atoms with E-state index in [-0.39, 0.29) is 10.9 Å². The Morgan fingerprint density at radius 1 is 0.964 bits per heavy atom. The average Bonchev–Trinajstić information content (AvgIpc) is 3.02. The fourth-order valence-corrected chi connectivity index (χ4v) is 4.74. The van der Waals surface area contributed by atoms with Crippen molar-refractivity contribution in [3.63, 3.8) is 0 Å². The van der Waals surface area contributed by atoms with Gasteiger partial charge in [0.2, 0.25) is 20.0 Å². The first-order valence-electron chi connectivity index (χ1n) is 8.95. The van der Waals surface area contributed by atoms with E-state index < -0.39 is 25.3 Å². The van der Waals surface area contributed by atoms with Crippen molar-refractivity contribution in [2.45, 2.75) is 42.9 Å². The molecule has 0 fully saturated rings. The number of hydrogen-bond donors (Lipinski definition) is 2. The summed E-state index contributed by atoms with van der Waals surface area (Å²) < 4.78 is 58.9. The second-order valence-electron chi connectivity index (χ2n) is 7.03. The molecule has 0 saturated heterocycles. The number of sulfonamides is 2. The fraction of sp³-hybridized carbons (Fsp3) is 0.368. The van der Waals surface area contributed by atoms with E-state index in [2.05, 4.69) is 9.44 Å². The lowest BCUT2D eigenvalue weighted by molar-refractivity contribution is 0.480. The van der Waals surface area contributed by atoms with E-state index >= 15 is 0 Å². The summed E-state index contributed by atoms with van der Waals surface area (Å²) in [5.41, 5.74) is 2.10. The Labute approximate surface area is 166 Å². The van der Waals surface area contributed by atoms with Crippen molar-refractivity contribution >= 4 is 20.0 Å². The Hall–Kier alpha value is -1.94. The molecule has 0 radical (unpaired) electrons. The molecular weight excluding hydrogens is 400 g/mol. The third-order valence-corrected chi connectivity index (χ3v) is 8.00. The van der Waals surface area contributed by atoms with Crippen LogP contribution in [0.5, 0.6) is 11.5 Å². The second kappa shape index (κ2) is 7.82. The molecule has 0 heterocycles. The van der Waals surface area contributed by atoms with Crippen LogP contribution in [0.3, 0.4) is 0 Å². The van der Waals surface area contributed by atoms with Gasteiger partial charge in [-0.1, -0.05) is 12.1 Å². The SMILES string of the molecule is CNS(=O)(=O)c1cccc(Oc2ccc3c(c2)CC(NS(=O)(=O)C(C)C)C3)c1. The molecule has 0 amide bonds. The third kappa shape index (κ3) is 4.54. The van der Waals surface area contributed by atoms with Gasteiger partial charge in [-0.3, -0.25) is 0 Å². The van der Waals surface area contributed by atoms with Crippen molar-refractivity contribution in [2.75, 3.05) is 7.05 Å². The standard InChI is InChI=1S/C19H24N2O5S2/c1-13(2)27(22,23)21-16-9-14-7-8-18(11-15(14)10-16)26-17-5-4-6-19(12-17)28(24,25)20-3/h4-8,11-13,16,20-21H,9-10H2,1-3H3. The molecule has 28 heavy (non-hydrogen) atoms. The van der Waals surface area contributed by atoms with Crippen LogP contribution in [0, 0.1) is 0 Å². The summed E-state index contributed by atoms with van der Waals surface area (Å²) in [7, 11) is -5.52. The lowest BCUT2D eigenvalue weighted by Gasteiger charge is -2.14. The molecule has 0 bridgehead atoms. The molecule has 7 nitrogen and oxygen atoms in total. The van der Waals surface area contributed by atoms with Crippen LogP contribution in [0.2, 0.25) is 0 Å². The molecule has 9 heteroatoms. The van der Waals surface area contributed by atoms with Crippen molar-refractivity contribution < 1.29 is 21.6 Å². The molecular formula is C19H24N2O5S2. The Balaban J connectivity index is 1.75. The zero-order chi connectivity index (χ0) is 20.5. The van der Waals surface area contributed by atoms with E-state index in [1.807, 2.05) is 12.1 Å². The lowest BCUT2D eigenvalue weighted by Crippen LogP contribution is -2.39. The largest absolute Gasteiger partial charge is 0.457 e. The Bertz CT molecular complexity index is 1080. The Morgan fingerprint density at radius 2 is 1.64 bits per heavy atom.